The molecule has 0 aliphatic heterocycles. The lowest BCUT2D eigenvalue weighted by atomic mass is 10.00. The van der Waals surface area contributed by atoms with Crippen LogP contribution in [0.15, 0.2) is 75.9 Å². The van der Waals surface area contributed by atoms with Crippen LogP contribution in [0.2, 0.25) is 5.02 Å². The van der Waals surface area contributed by atoms with Crippen molar-refractivity contribution in [2.24, 2.45) is 0 Å². The summed E-state index contributed by atoms with van der Waals surface area (Å²) in [5, 5.41) is 1.29. The molecular formula is C23H14ClFO4. The average molecular weight is 409 g/mol. The zero-order valence-electron chi connectivity index (χ0n) is 15.2. The van der Waals surface area contributed by atoms with Gasteiger partial charge in [0.05, 0.1) is 11.1 Å². The number of ether oxygens (including phenoxy) is 1. The van der Waals surface area contributed by atoms with E-state index in [0.717, 1.165) is 10.9 Å². The van der Waals surface area contributed by atoms with Gasteiger partial charge in [0, 0.05) is 16.5 Å². The van der Waals surface area contributed by atoms with Gasteiger partial charge in [-0.1, -0.05) is 23.7 Å². The van der Waals surface area contributed by atoms with Gasteiger partial charge in [0.1, 0.15) is 17.1 Å². The van der Waals surface area contributed by atoms with E-state index in [1.165, 1.54) is 30.3 Å². The van der Waals surface area contributed by atoms with Crippen LogP contribution >= 0.6 is 11.6 Å². The topological polar surface area (TPSA) is 56.5 Å². The number of hydrogen-bond donors (Lipinski definition) is 0. The molecule has 0 radical (unpaired) electrons. The van der Waals surface area contributed by atoms with Crippen LogP contribution in [-0.4, -0.2) is 5.97 Å². The van der Waals surface area contributed by atoms with Gasteiger partial charge in [-0.3, -0.25) is 0 Å². The van der Waals surface area contributed by atoms with Crippen molar-refractivity contribution in [2.45, 2.75) is 6.92 Å². The van der Waals surface area contributed by atoms with Crippen LogP contribution in [-0.2, 0) is 0 Å². The minimum Gasteiger partial charge on any atom is -0.423 e. The predicted molar refractivity (Wildman–Crippen MR) is 109 cm³/mol. The molecule has 0 atom stereocenters. The van der Waals surface area contributed by atoms with Crippen LogP contribution in [0.4, 0.5) is 4.39 Å². The quantitative estimate of drug-likeness (QED) is 0.245. The minimum absolute atomic E-state index is 0.210. The molecule has 1 aromatic heterocycles. The van der Waals surface area contributed by atoms with Crippen LogP contribution in [0.1, 0.15) is 15.9 Å². The van der Waals surface area contributed by atoms with E-state index >= 15 is 0 Å². The maximum Gasteiger partial charge on any atom is 0.344 e. The highest BCUT2D eigenvalue weighted by Crippen LogP contribution is 2.29. The summed E-state index contributed by atoms with van der Waals surface area (Å²) < 4.78 is 23.8. The zero-order valence-corrected chi connectivity index (χ0v) is 16.0. The van der Waals surface area contributed by atoms with Gasteiger partial charge in [0.25, 0.3) is 0 Å². The van der Waals surface area contributed by atoms with E-state index in [2.05, 4.69) is 0 Å². The second-order valence-corrected chi connectivity index (χ2v) is 6.89. The molecule has 0 unspecified atom stereocenters. The number of rotatable bonds is 3. The number of esters is 1. The van der Waals surface area contributed by atoms with Gasteiger partial charge in [-0.05, 0) is 66.6 Å². The summed E-state index contributed by atoms with van der Waals surface area (Å²) in [6.45, 7) is 1.83. The first-order valence-electron chi connectivity index (χ1n) is 8.73. The van der Waals surface area contributed by atoms with Crippen LogP contribution in [0, 0.1) is 12.7 Å². The Kier molecular flexibility index (Phi) is 4.91. The molecule has 0 aliphatic rings. The van der Waals surface area contributed by atoms with Crippen molar-refractivity contribution in [3.63, 3.8) is 0 Å². The number of aryl methyl sites for hydroxylation is 1. The summed E-state index contributed by atoms with van der Waals surface area (Å²) in [6, 6.07) is 16.8. The van der Waals surface area contributed by atoms with Crippen LogP contribution in [0.25, 0.3) is 22.1 Å². The Morgan fingerprint density at radius 3 is 2.38 bits per heavy atom. The summed E-state index contributed by atoms with van der Waals surface area (Å²) in [5.74, 6) is -0.865. The van der Waals surface area contributed by atoms with Crippen molar-refractivity contribution in [3.8, 4) is 16.9 Å². The molecule has 0 spiro atoms. The number of halogens is 2. The third-order valence-corrected chi connectivity index (χ3v) is 4.81. The van der Waals surface area contributed by atoms with Gasteiger partial charge in [-0.15, -0.1) is 0 Å². The van der Waals surface area contributed by atoms with Crippen LogP contribution < -0.4 is 10.4 Å². The molecule has 4 aromatic rings. The van der Waals surface area contributed by atoms with Gasteiger partial charge in [0.15, 0.2) is 0 Å². The molecule has 6 heteroatoms. The lowest BCUT2D eigenvalue weighted by Crippen LogP contribution is -2.09. The predicted octanol–water partition coefficient (Wildman–Crippen LogP) is 5.78. The Hall–Kier alpha value is -3.44. The molecule has 29 heavy (non-hydrogen) atoms. The van der Waals surface area contributed by atoms with Gasteiger partial charge in [0.2, 0.25) is 0 Å². The van der Waals surface area contributed by atoms with E-state index < -0.39 is 17.4 Å². The van der Waals surface area contributed by atoms with Crippen LogP contribution in [0.5, 0.6) is 5.75 Å². The molecule has 4 nitrogen and oxygen atoms in total. The van der Waals surface area contributed by atoms with Crippen molar-refractivity contribution < 1.29 is 18.3 Å². The Balaban J connectivity index is 1.71. The fourth-order valence-electron chi connectivity index (χ4n) is 3.10. The van der Waals surface area contributed by atoms with Crippen molar-refractivity contribution in [3.05, 3.63) is 99.1 Å². The molecule has 0 fully saturated rings. The van der Waals surface area contributed by atoms with E-state index in [1.54, 1.807) is 36.4 Å². The van der Waals surface area contributed by atoms with E-state index in [9.17, 15) is 14.0 Å². The highest BCUT2D eigenvalue weighted by atomic mass is 35.5. The monoisotopic (exact) mass is 408 g/mol. The highest BCUT2D eigenvalue weighted by molar-refractivity contribution is 6.30. The molecule has 0 aliphatic carbocycles. The molecule has 4 rings (SSSR count). The van der Waals surface area contributed by atoms with Gasteiger partial charge in [-0.25, -0.2) is 14.0 Å². The number of hydrogen-bond acceptors (Lipinski definition) is 4. The van der Waals surface area contributed by atoms with Gasteiger partial charge in [-0.2, -0.15) is 0 Å². The standard InChI is InChI=1S/C23H14ClFO4/c1-13-19-11-10-18(28-22(26)15-4-8-17(25)9-5-15)12-20(19)29-23(27)21(13)14-2-6-16(24)7-3-14/h2-12H,1H3. The van der Waals surface area contributed by atoms with E-state index in [-0.39, 0.29) is 11.3 Å². The van der Waals surface area contributed by atoms with Crippen molar-refractivity contribution in [1.29, 1.82) is 0 Å². The summed E-state index contributed by atoms with van der Waals surface area (Å²) in [5.41, 5.74) is 1.91. The van der Waals surface area contributed by atoms with Crippen molar-refractivity contribution >= 4 is 28.5 Å². The fraction of sp³-hybridized carbons (Fsp3) is 0.0435. The smallest absolute Gasteiger partial charge is 0.344 e. The third kappa shape index (κ3) is 3.77. The second-order valence-electron chi connectivity index (χ2n) is 6.45. The third-order valence-electron chi connectivity index (χ3n) is 4.56. The Bertz CT molecular complexity index is 1280. The normalized spacial score (nSPS) is 10.9. The zero-order chi connectivity index (χ0) is 20.5. The molecule has 1 heterocycles. The fourth-order valence-corrected chi connectivity index (χ4v) is 3.23. The van der Waals surface area contributed by atoms with E-state index in [0.29, 0.717) is 21.7 Å². The van der Waals surface area contributed by atoms with Crippen molar-refractivity contribution in [2.75, 3.05) is 0 Å². The Labute approximate surface area is 170 Å². The van der Waals surface area contributed by atoms with Crippen molar-refractivity contribution in [1.82, 2.24) is 0 Å². The summed E-state index contributed by atoms with van der Waals surface area (Å²) >= 11 is 5.92. The SMILES string of the molecule is Cc1c(-c2ccc(Cl)cc2)c(=O)oc2cc(OC(=O)c3ccc(F)cc3)ccc12. The summed E-state index contributed by atoms with van der Waals surface area (Å²) in [6.07, 6.45) is 0. The molecule has 0 saturated heterocycles. The van der Waals surface area contributed by atoms with E-state index in [4.69, 9.17) is 20.8 Å². The maximum atomic E-state index is 13.0. The van der Waals surface area contributed by atoms with Gasteiger partial charge < -0.3 is 9.15 Å². The molecule has 0 N–H and O–H groups in total. The Morgan fingerprint density at radius 1 is 1.00 bits per heavy atom. The first-order chi connectivity index (χ1) is 13.9. The maximum absolute atomic E-state index is 13.0. The number of benzene rings is 3. The molecule has 144 valence electrons. The molecule has 0 saturated carbocycles. The van der Waals surface area contributed by atoms with E-state index in [1.807, 2.05) is 6.92 Å². The first-order valence-corrected chi connectivity index (χ1v) is 9.11. The number of carbonyl (C=O) groups excluding carboxylic acids is 1. The van der Waals surface area contributed by atoms with Crippen LogP contribution in [0.3, 0.4) is 0 Å². The Morgan fingerprint density at radius 2 is 1.69 bits per heavy atom. The molecular weight excluding hydrogens is 395 g/mol. The molecule has 0 bridgehead atoms. The lowest BCUT2D eigenvalue weighted by Gasteiger charge is -2.10. The summed E-state index contributed by atoms with van der Waals surface area (Å²) in [4.78, 5) is 24.8. The lowest BCUT2D eigenvalue weighted by molar-refractivity contribution is 0.0735. The van der Waals surface area contributed by atoms with Gasteiger partial charge >= 0.3 is 11.6 Å². The number of carbonyl (C=O) groups is 1. The average Bonchev–Trinajstić information content (AvgIpc) is 2.69. The highest BCUT2D eigenvalue weighted by Gasteiger charge is 2.15. The first kappa shape index (κ1) is 18.9. The minimum atomic E-state index is -0.638. The molecule has 3 aromatic carbocycles. The second kappa shape index (κ2) is 7.53. The number of fused-ring (bicyclic) bond motifs is 1. The largest absolute Gasteiger partial charge is 0.423 e. The summed E-state index contributed by atoms with van der Waals surface area (Å²) in [7, 11) is 0. The molecule has 0 amide bonds.